The monoisotopic (exact) mass is 475 g/mol. The highest BCUT2D eigenvalue weighted by molar-refractivity contribution is 9.13. The number of halogens is 6. The van der Waals surface area contributed by atoms with E-state index in [-0.39, 0.29) is 6.54 Å². The van der Waals surface area contributed by atoms with E-state index in [9.17, 15) is 13.2 Å². The number of benzene rings is 1. The first-order valence-electron chi connectivity index (χ1n) is 5.31. The van der Waals surface area contributed by atoms with E-state index in [1.807, 2.05) is 0 Å². The zero-order valence-corrected chi connectivity index (χ0v) is 14.5. The summed E-state index contributed by atoms with van der Waals surface area (Å²) in [4.78, 5) is 0. The molecule has 1 aromatic carbocycles. The van der Waals surface area contributed by atoms with Crippen LogP contribution in [0.5, 0.6) is 0 Å². The van der Waals surface area contributed by atoms with Gasteiger partial charge in [0.2, 0.25) is 0 Å². The quantitative estimate of drug-likeness (QED) is 0.569. The molecule has 2 rings (SSSR count). The van der Waals surface area contributed by atoms with Crippen molar-refractivity contribution in [3.8, 4) is 0 Å². The van der Waals surface area contributed by atoms with Crippen molar-refractivity contribution < 1.29 is 17.6 Å². The zero-order valence-electron chi connectivity index (χ0n) is 9.69. The molecule has 108 valence electrons. The van der Waals surface area contributed by atoms with Gasteiger partial charge < -0.3 is 9.73 Å². The van der Waals surface area contributed by atoms with E-state index in [0.717, 1.165) is 16.6 Å². The highest BCUT2D eigenvalue weighted by Crippen LogP contribution is 2.34. The molecule has 0 fully saturated rings. The minimum absolute atomic E-state index is 0.268. The molecule has 1 N–H and O–H groups in total. The molecule has 2 nitrogen and oxygen atoms in total. The number of alkyl halides is 3. The van der Waals surface area contributed by atoms with Crippen LogP contribution < -0.4 is 5.32 Å². The number of hydrogen-bond acceptors (Lipinski definition) is 2. The molecule has 0 aliphatic heterocycles. The second kappa shape index (κ2) is 6.11. The van der Waals surface area contributed by atoms with Gasteiger partial charge in [-0.15, -0.1) is 0 Å². The number of hydrogen-bond donors (Lipinski definition) is 1. The topological polar surface area (TPSA) is 25.2 Å². The van der Waals surface area contributed by atoms with Gasteiger partial charge in [-0.05, 0) is 72.1 Å². The molecule has 0 saturated heterocycles. The van der Waals surface area contributed by atoms with E-state index in [4.69, 9.17) is 4.42 Å². The van der Waals surface area contributed by atoms with Crippen LogP contribution in [0.1, 0.15) is 11.3 Å². The Labute approximate surface area is 138 Å². The van der Waals surface area contributed by atoms with Crippen LogP contribution in [0.4, 0.5) is 18.9 Å². The van der Waals surface area contributed by atoms with Crippen LogP contribution in [0, 0.1) is 0 Å². The second-order valence-electron chi connectivity index (χ2n) is 3.88. The molecule has 20 heavy (non-hydrogen) atoms. The van der Waals surface area contributed by atoms with E-state index in [1.165, 1.54) is 6.07 Å². The van der Waals surface area contributed by atoms with Gasteiger partial charge in [-0.25, -0.2) is 0 Å². The molecule has 0 radical (unpaired) electrons. The van der Waals surface area contributed by atoms with E-state index < -0.39 is 11.7 Å². The molecule has 1 aromatic heterocycles. The van der Waals surface area contributed by atoms with E-state index in [0.29, 0.717) is 20.6 Å². The van der Waals surface area contributed by atoms with Crippen molar-refractivity contribution in [1.82, 2.24) is 0 Å². The molecule has 1 heterocycles. The molecule has 2 aromatic rings. The van der Waals surface area contributed by atoms with Gasteiger partial charge in [-0.2, -0.15) is 13.2 Å². The Hall–Kier alpha value is -0.470. The third kappa shape index (κ3) is 3.79. The Morgan fingerprint density at radius 1 is 1.05 bits per heavy atom. The number of anilines is 1. The van der Waals surface area contributed by atoms with E-state index in [2.05, 4.69) is 53.1 Å². The molecule has 0 saturated carbocycles. The average molecular weight is 478 g/mol. The molecule has 0 unspecified atom stereocenters. The molecule has 0 amide bonds. The number of nitrogens with one attached hydrogen (secondary N) is 1. The molecule has 0 atom stereocenters. The van der Waals surface area contributed by atoms with Crippen LogP contribution in [0.2, 0.25) is 0 Å². The zero-order chi connectivity index (χ0) is 14.9. The van der Waals surface area contributed by atoms with Crippen molar-refractivity contribution in [2.75, 3.05) is 5.32 Å². The Morgan fingerprint density at radius 3 is 2.30 bits per heavy atom. The third-order valence-electron chi connectivity index (χ3n) is 2.44. The predicted octanol–water partition coefficient (Wildman–Crippen LogP) is 6.20. The fourth-order valence-corrected chi connectivity index (χ4v) is 2.54. The lowest BCUT2D eigenvalue weighted by molar-refractivity contribution is -0.137. The van der Waals surface area contributed by atoms with Crippen LogP contribution in [-0.4, -0.2) is 0 Å². The summed E-state index contributed by atoms with van der Waals surface area (Å²) in [5, 5.41) is 2.90. The van der Waals surface area contributed by atoms with Gasteiger partial charge in [0.25, 0.3) is 0 Å². The van der Waals surface area contributed by atoms with Crippen LogP contribution in [0.25, 0.3) is 0 Å². The third-order valence-corrected chi connectivity index (χ3v) is 4.84. The average Bonchev–Trinajstić information content (AvgIpc) is 2.66. The number of rotatable bonds is 3. The maximum absolute atomic E-state index is 12.6. The van der Waals surface area contributed by atoms with Crippen LogP contribution in [0.3, 0.4) is 0 Å². The second-order valence-corrected chi connectivity index (χ2v) is 6.31. The first-order valence-corrected chi connectivity index (χ1v) is 7.69. The minimum Gasteiger partial charge on any atom is -0.451 e. The predicted molar refractivity (Wildman–Crippen MR) is 80.6 cm³/mol. The molecular weight excluding hydrogens is 471 g/mol. The Balaban J connectivity index is 2.16. The summed E-state index contributed by atoms with van der Waals surface area (Å²) in [6.45, 7) is 0.268. The lowest BCUT2D eigenvalue weighted by atomic mass is 10.2. The highest BCUT2D eigenvalue weighted by atomic mass is 79.9. The highest BCUT2D eigenvalue weighted by Gasteiger charge is 2.30. The standard InChI is InChI=1S/C12H7Br3F3NO/c13-8-2-1-6(12(16,17)18)3-10(8)19-5-7-4-9(14)11(15)20-7/h1-4,19H,5H2. The fourth-order valence-electron chi connectivity index (χ4n) is 1.50. The summed E-state index contributed by atoms with van der Waals surface area (Å²) in [6.07, 6.45) is -4.37. The van der Waals surface area contributed by atoms with E-state index in [1.54, 1.807) is 6.07 Å². The van der Waals surface area contributed by atoms with E-state index >= 15 is 0 Å². The van der Waals surface area contributed by atoms with Gasteiger partial charge in [0.15, 0.2) is 4.67 Å². The Bertz CT molecular complexity index is 605. The number of furan rings is 1. The van der Waals surface area contributed by atoms with Crippen LogP contribution in [-0.2, 0) is 12.7 Å². The molecule has 8 heteroatoms. The van der Waals surface area contributed by atoms with Gasteiger partial charge in [0.1, 0.15) is 5.76 Å². The van der Waals surface area contributed by atoms with Gasteiger partial charge >= 0.3 is 6.18 Å². The van der Waals surface area contributed by atoms with Crippen molar-refractivity contribution in [3.63, 3.8) is 0 Å². The summed E-state index contributed by atoms with van der Waals surface area (Å²) >= 11 is 9.67. The first-order chi connectivity index (χ1) is 9.27. The lowest BCUT2D eigenvalue weighted by Crippen LogP contribution is -2.06. The maximum atomic E-state index is 12.6. The molecule has 0 spiro atoms. The van der Waals surface area contributed by atoms with Gasteiger partial charge in [-0.3, -0.25) is 0 Å². The van der Waals surface area contributed by atoms with Crippen molar-refractivity contribution in [1.29, 1.82) is 0 Å². The largest absolute Gasteiger partial charge is 0.451 e. The first kappa shape index (κ1) is 15.9. The molecular formula is C12H7Br3F3NO. The van der Waals surface area contributed by atoms with Crippen LogP contribution >= 0.6 is 47.8 Å². The minimum atomic E-state index is -4.37. The SMILES string of the molecule is FC(F)(F)c1ccc(Br)c(NCc2cc(Br)c(Br)o2)c1. The van der Waals surface area contributed by atoms with Crippen LogP contribution in [0.15, 0.2) is 42.3 Å². The van der Waals surface area contributed by atoms with Gasteiger partial charge in [-0.1, -0.05) is 0 Å². The Kier molecular flexibility index (Phi) is 4.86. The summed E-state index contributed by atoms with van der Waals surface area (Å²) in [7, 11) is 0. The van der Waals surface area contributed by atoms with Crippen molar-refractivity contribution >= 4 is 53.5 Å². The molecule has 0 aliphatic carbocycles. The van der Waals surface area contributed by atoms with Crippen molar-refractivity contribution in [3.05, 3.63) is 49.2 Å². The molecule has 0 bridgehead atoms. The smallest absolute Gasteiger partial charge is 0.416 e. The van der Waals surface area contributed by atoms with Gasteiger partial charge in [0, 0.05) is 10.2 Å². The fraction of sp³-hybridized carbons (Fsp3) is 0.167. The maximum Gasteiger partial charge on any atom is 0.416 e. The van der Waals surface area contributed by atoms with Gasteiger partial charge in [0.05, 0.1) is 16.6 Å². The normalized spacial score (nSPS) is 11.7. The summed E-state index contributed by atoms with van der Waals surface area (Å²) in [5.74, 6) is 0.591. The summed E-state index contributed by atoms with van der Waals surface area (Å²) in [6, 6.07) is 5.17. The summed E-state index contributed by atoms with van der Waals surface area (Å²) < 4.78 is 45.1. The molecule has 0 aliphatic rings. The Morgan fingerprint density at radius 2 is 1.75 bits per heavy atom. The van der Waals surface area contributed by atoms with Crippen molar-refractivity contribution in [2.24, 2.45) is 0 Å². The van der Waals surface area contributed by atoms with Crippen molar-refractivity contribution in [2.45, 2.75) is 12.7 Å². The lowest BCUT2D eigenvalue weighted by Gasteiger charge is -2.11. The summed E-state index contributed by atoms with van der Waals surface area (Å²) in [5.41, 5.74) is -0.353.